The van der Waals surface area contributed by atoms with Gasteiger partial charge in [0.1, 0.15) is 0 Å². The van der Waals surface area contributed by atoms with Crippen molar-refractivity contribution < 1.29 is 13.2 Å². The largest absolute Gasteiger partial charge is 0.385 e. The first kappa shape index (κ1) is 13.9. The Morgan fingerprint density at radius 1 is 1.43 bits per heavy atom. The normalized spacial score (nSPS) is 14.2. The van der Waals surface area contributed by atoms with Gasteiger partial charge in [0, 0.05) is 19.8 Å². The van der Waals surface area contributed by atoms with Crippen LogP contribution in [0.4, 0.5) is 0 Å². The lowest BCUT2D eigenvalue weighted by molar-refractivity contribution is 0.199. The predicted molar refractivity (Wildman–Crippen MR) is 58.3 cm³/mol. The summed E-state index contributed by atoms with van der Waals surface area (Å²) in [5.74, 6) is 0.447. The Hall–Kier alpha value is -0.130. The number of rotatable bonds is 8. The molecule has 4 nitrogen and oxygen atoms in total. The second-order valence-electron chi connectivity index (χ2n) is 3.35. The lowest BCUT2D eigenvalue weighted by atomic mass is 10.3. The zero-order chi connectivity index (χ0) is 11.0. The molecule has 0 aliphatic rings. The van der Waals surface area contributed by atoms with E-state index in [9.17, 15) is 8.42 Å². The van der Waals surface area contributed by atoms with Crippen LogP contribution in [0.1, 0.15) is 19.8 Å². The minimum absolute atomic E-state index is 0.0718. The standard InChI is InChI=1S/C9H21NO3S/c1-4-9(10-2)8-14(11,12)7-5-6-13-3/h9-10H,4-8H2,1-3H3. The fourth-order valence-corrected chi connectivity index (χ4v) is 2.96. The zero-order valence-electron chi connectivity index (χ0n) is 9.25. The molecule has 0 spiro atoms. The van der Waals surface area contributed by atoms with Crippen molar-refractivity contribution in [1.82, 2.24) is 5.32 Å². The average molecular weight is 223 g/mol. The molecule has 0 radical (unpaired) electrons. The quantitative estimate of drug-likeness (QED) is 0.607. The van der Waals surface area contributed by atoms with Gasteiger partial charge >= 0.3 is 0 Å². The summed E-state index contributed by atoms with van der Waals surface area (Å²) in [6, 6.07) is 0.0718. The van der Waals surface area contributed by atoms with Crippen molar-refractivity contribution >= 4 is 9.84 Å². The van der Waals surface area contributed by atoms with Gasteiger partial charge in [-0.05, 0) is 19.9 Å². The lowest BCUT2D eigenvalue weighted by Crippen LogP contribution is -2.33. The van der Waals surface area contributed by atoms with E-state index in [1.54, 1.807) is 14.2 Å². The Morgan fingerprint density at radius 3 is 2.50 bits per heavy atom. The molecule has 0 aliphatic heterocycles. The lowest BCUT2D eigenvalue weighted by Gasteiger charge is -2.13. The summed E-state index contributed by atoms with van der Waals surface area (Å²) in [7, 11) is 0.449. The van der Waals surface area contributed by atoms with Crippen molar-refractivity contribution in [2.75, 3.05) is 32.3 Å². The monoisotopic (exact) mass is 223 g/mol. The fraction of sp³-hybridized carbons (Fsp3) is 1.00. The van der Waals surface area contributed by atoms with E-state index in [2.05, 4.69) is 5.32 Å². The molecule has 1 atom stereocenters. The first-order valence-electron chi connectivity index (χ1n) is 4.92. The maximum Gasteiger partial charge on any atom is 0.151 e. The molecular formula is C9H21NO3S. The van der Waals surface area contributed by atoms with Gasteiger partial charge in [-0.25, -0.2) is 8.42 Å². The van der Waals surface area contributed by atoms with Crippen LogP contribution in [0.2, 0.25) is 0 Å². The van der Waals surface area contributed by atoms with E-state index in [-0.39, 0.29) is 17.5 Å². The molecule has 5 heteroatoms. The van der Waals surface area contributed by atoms with Gasteiger partial charge in [-0.15, -0.1) is 0 Å². The predicted octanol–water partition coefficient (Wildman–Crippen LogP) is 0.436. The summed E-state index contributed by atoms with van der Waals surface area (Å²) in [5.41, 5.74) is 0. The highest BCUT2D eigenvalue weighted by Crippen LogP contribution is 2.00. The van der Waals surface area contributed by atoms with Crippen molar-refractivity contribution in [3.63, 3.8) is 0 Å². The summed E-state index contributed by atoms with van der Waals surface area (Å²) in [4.78, 5) is 0. The number of methoxy groups -OCH3 is 1. The molecular weight excluding hydrogens is 202 g/mol. The molecule has 86 valence electrons. The molecule has 0 bridgehead atoms. The Balaban J connectivity index is 3.93. The number of hydrogen-bond donors (Lipinski definition) is 1. The molecule has 0 aromatic carbocycles. The minimum atomic E-state index is -2.92. The molecule has 14 heavy (non-hydrogen) atoms. The first-order chi connectivity index (χ1) is 6.55. The zero-order valence-corrected chi connectivity index (χ0v) is 10.1. The van der Waals surface area contributed by atoms with E-state index in [1.807, 2.05) is 6.92 Å². The van der Waals surface area contributed by atoms with E-state index in [0.29, 0.717) is 13.0 Å². The molecule has 0 aromatic heterocycles. The third-order valence-electron chi connectivity index (χ3n) is 2.16. The third-order valence-corrected chi connectivity index (χ3v) is 3.98. The SMILES string of the molecule is CCC(CS(=O)(=O)CCCOC)NC. The maximum atomic E-state index is 11.5. The summed E-state index contributed by atoms with van der Waals surface area (Å²) < 4.78 is 27.9. The molecule has 1 unspecified atom stereocenters. The van der Waals surface area contributed by atoms with Crippen LogP contribution in [0.25, 0.3) is 0 Å². The summed E-state index contributed by atoms with van der Waals surface area (Å²) in [6.07, 6.45) is 1.42. The highest BCUT2D eigenvalue weighted by Gasteiger charge is 2.15. The minimum Gasteiger partial charge on any atom is -0.385 e. The van der Waals surface area contributed by atoms with Crippen molar-refractivity contribution in [3.05, 3.63) is 0 Å². The van der Waals surface area contributed by atoms with Crippen LogP contribution >= 0.6 is 0 Å². The van der Waals surface area contributed by atoms with Gasteiger partial charge in [0.05, 0.1) is 11.5 Å². The molecule has 0 rings (SSSR count). The Bertz CT molecular complexity index is 222. The van der Waals surface area contributed by atoms with Crippen LogP contribution in [0.5, 0.6) is 0 Å². The molecule has 0 aliphatic carbocycles. The Morgan fingerprint density at radius 2 is 2.07 bits per heavy atom. The van der Waals surface area contributed by atoms with Crippen LogP contribution in [0.3, 0.4) is 0 Å². The summed E-state index contributed by atoms with van der Waals surface area (Å²) in [5, 5.41) is 2.99. The van der Waals surface area contributed by atoms with E-state index < -0.39 is 9.84 Å². The van der Waals surface area contributed by atoms with Gasteiger partial charge in [-0.1, -0.05) is 6.92 Å². The van der Waals surface area contributed by atoms with Crippen LogP contribution in [-0.4, -0.2) is 46.7 Å². The molecule has 0 saturated carbocycles. The fourth-order valence-electron chi connectivity index (χ4n) is 1.22. The molecule has 0 fully saturated rings. The second-order valence-corrected chi connectivity index (χ2v) is 5.58. The smallest absolute Gasteiger partial charge is 0.151 e. The first-order valence-corrected chi connectivity index (χ1v) is 6.74. The van der Waals surface area contributed by atoms with Crippen LogP contribution in [0.15, 0.2) is 0 Å². The highest BCUT2D eigenvalue weighted by molar-refractivity contribution is 7.91. The van der Waals surface area contributed by atoms with E-state index in [1.165, 1.54) is 0 Å². The van der Waals surface area contributed by atoms with Gasteiger partial charge in [0.2, 0.25) is 0 Å². The van der Waals surface area contributed by atoms with Gasteiger partial charge in [0.15, 0.2) is 9.84 Å². The highest BCUT2D eigenvalue weighted by atomic mass is 32.2. The molecule has 1 N–H and O–H groups in total. The number of ether oxygens (including phenoxy) is 1. The Labute approximate surface area is 86.9 Å². The number of nitrogens with one attached hydrogen (secondary N) is 1. The topological polar surface area (TPSA) is 55.4 Å². The van der Waals surface area contributed by atoms with Gasteiger partial charge in [-0.2, -0.15) is 0 Å². The van der Waals surface area contributed by atoms with Gasteiger partial charge in [-0.3, -0.25) is 0 Å². The van der Waals surface area contributed by atoms with Crippen LogP contribution < -0.4 is 5.32 Å². The van der Waals surface area contributed by atoms with Crippen LogP contribution in [-0.2, 0) is 14.6 Å². The van der Waals surface area contributed by atoms with Gasteiger partial charge in [0.25, 0.3) is 0 Å². The second kappa shape index (κ2) is 7.20. The molecule has 0 saturated heterocycles. The van der Waals surface area contributed by atoms with Gasteiger partial charge < -0.3 is 10.1 Å². The molecule has 0 amide bonds. The van der Waals surface area contributed by atoms with Crippen molar-refractivity contribution in [1.29, 1.82) is 0 Å². The molecule has 0 aromatic rings. The maximum absolute atomic E-state index is 11.5. The van der Waals surface area contributed by atoms with Crippen molar-refractivity contribution in [3.8, 4) is 0 Å². The Kier molecular flexibility index (Phi) is 7.13. The van der Waals surface area contributed by atoms with E-state index in [4.69, 9.17) is 4.74 Å². The molecule has 0 heterocycles. The third kappa shape index (κ3) is 6.34. The summed E-state index contributed by atoms with van der Waals surface area (Å²) in [6.45, 7) is 2.49. The number of sulfone groups is 1. The van der Waals surface area contributed by atoms with Crippen LogP contribution in [0, 0.1) is 0 Å². The van der Waals surface area contributed by atoms with Crippen molar-refractivity contribution in [2.24, 2.45) is 0 Å². The van der Waals surface area contributed by atoms with E-state index >= 15 is 0 Å². The number of hydrogen-bond acceptors (Lipinski definition) is 4. The van der Waals surface area contributed by atoms with E-state index in [0.717, 1.165) is 6.42 Å². The average Bonchev–Trinajstić information content (AvgIpc) is 2.14. The summed E-state index contributed by atoms with van der Waals surface area (Å²) >= 11 is 0. The van der Waals surface area contributed by atoms with Crippen molar-refractivity contribution in [2.45, 2.75) is 25.8 Å².